The number of amides is 1. The number of likely N-dealkylation sites (N-methyl/N-ethyl adjacent to an activating group) is 1. The maximum atomic E-state index is 13.1. The van der Waals surface area contributed by atoms with Crippen molar-refractivity contribution in [1.29, 1.82) is 0 Å². The van der Waals surface area contributed by atoms with Gasteiger partial charge in [0, 0.05) is 57.6 Å². The average molecular weight is 619 g/mol. The molecule has 3 aliphatic rings. The Bertz CT molecular complexity index is 1290. The van der Waals surface area contributed by atoms with Crippen LogP contribution < -0.4 is 0 Å². The van der Waals surface area contributed by atoms with E-state index in [1.165, 1.54) is 10.5 Å². The van der Waals surface area contributed by atoms with Crippen molar-refractivity contribution in [2.45, 2.75) is 76.1 Å². The smallest absolute Gasteiger partial charge is 0.410 e. The first-order valence-electron chi connectivity index (χ1n) is 15.3. The lowest BCUT2D eigenvalue weighted by atomic mass is 9.91. The highest BCUT2D eigenvalue weighted by atomic mass is 32.2. The highest BCUT2D eigenvalue weighted by Gasteiger charge is 2.30. The van der Waals surface area contributed by atoms with Crippen LogP contribution in [0, 0.1) is 11.8 Å². The fraction of sp³-hybridized carbons (Fsp3) is 0.645. The molecule has 0 aromatic carbocycles. The third-order valence-electron chi connectivity index (χ3n) is 8.54. The van der Waals surface area contributed by atoms with Crippen LogP contribution in [0.5, 0.6) is 0 Å². The molecule has 0 bridgehead atoms. The number of carbonyl (C=O) groups excluding carboxylic acids is 2. The minimum atomic E-state index is -3.64. The third-order valence-corrected chi connectivity index (χ3v) is 10.4. The molecule has 5 atom stereocenters. The highest BCUT2D eigenvalue weighted by molar-refractivity contribution is 7.89. The van der Waals surface area contributed by atoms with Gasteiger partial charge in [-0.1, -0.05) is 26.0 Å². The third kappa shape index (κ3) is 8.87. The zero-order valence-corrected chi connectivity index (χ0v) is 26.5. The number of sulfonamides is 1. The number of aliphatic hydroxyl groups excluding tert-OH is 1. The number of hydrogen-bond acceptors (Lipinski definition) is 9. The largest absolute Gasteiger partial charge is 0.457 e. The molecule has 0 aliphatic carbocycles. The zero-order chi connectivity index (χ0) is 31.1. The Morgan fingerprint density at radius 1 is 1.07 bits per heavy atom. The van der Waals surface area contributed by atoms with Crippen molar-refractivity contribution >= 4 is 28.2 Å². The normalized spacial score (nSPS) is 29.8. The van der Waals surface area contributed by atoms with Crippen LogP contribution in [0.1, 0.15) is 58.4 Å². The molecule has 0 unspecified atom stereocenters. The van der Waals surface area contributed by atoms with Gasteiger partial charge in [0.15, 0.2) is 0 Å². The molecule has 12 heteroatoms. The molecule has 0 radical (unpaired) electrons. The summed E-state index contributed by atoms with van der Waals surface area (Å²) in [6.07, 6.45) is 8.47. The summed E-state index contributed by atoms with van der Waals surface area (Å²) in [6.45, 7) is 9.49. The lowest BCUT2D eigenvalue weighted by molar-refractivity contribution is -0.151. The summed E-state index contributed by atoms with van der Waals surface area (Å²) in [5.41, 5.74) is 1.26. The van der Waals surface area contributed by atoms with E-state index in [-0.39, 0.29) is 29.2 Å². The molecule has 0 saturated carbocycles. The molecular weight excluding hydrogens is 572 g/mol. The van der Waals surface area contributed by atoms with Crippen molar-refractivity contribution in [3.8, 4) is 0 Å². The number of nitrogens with zero attached hydrogens (tertiary/aromatic N) is 4. The monoisotopic (exact) mass is 618 g/mol. The second-order valence-electron chi connectivity index (χ2n) is 12.2. The molecule has 2 fully saturated rings. The van der Waals surface area contributed by atoms with E-state index in [4.69, 9.17) is 9.47 Å². The van der Waals surface area contributed by atoms with Crippen molar-refractivity contribution in [2.75, 3.05) is 46.3 Å². The van der Waals surface area contributed by atoms with Gasteiger partial charge in [0.1, 0.15) is 17.1 Å². The number of carbonyl (C=O) groups is 2. The van der Waals surface area contributed by atoms with Crippen LogP contribution in [-0.4, -0.2) is 109 Å². The van der Waals surface area contributed by atoms with Gasteiger partial charge in [0.2, 0.25) is 10.0 Å². The van der Waals surface area contributed by atoms with Crippen molar-refractivity contribution in [1.82, 2.24) is 19.1 Å². The molecule has 2 saturated heterocycles. The lowest BCUT2D eigenvalue weighted by Gasteiger charge is -2.33. The molecule has 1 aromatic heterocycles. The number of ether oxygens (including phenoxy) is 2. The number of pyridine rings is 1. The summed E-state index contributed by atoms with van der Waals surface area (Å²) in [6, 6.07) is 1.58. The van der Waals surface area contributed by atoms with Crippen LogP contribution in [0.15, 0.2) is 41.1 Å². The van der Waals surface area contributed by atoms with Gasteiger partial charge in [-0.05, 0) is 68.9 Å². The number of piperazine rings is 1. The van der Waals surface area contributed by atoms with Crippen LogP contribution in [0.25, 0.3) is 6.08 Å². The molecule has 1 N–H and O–H groups in total. The molecule has 0 spiro atoms. The Morgan fingerprint density at radius 2 is 1.77 bits per heavy atom. The second-order valence-corrected chi connectivity index (χ2v) is 14.1. The van der Waals surface area contributed by atoms with Gasteiger partial charge in [-0.2, -0.15) is 4.31 Å². The van der Waals surface area contributed by atoms with Gasteiger partial charge >= 0.3 is 12.1 Å². The molecule has 4 rings (SSSR count). The molecule has 4 heterocycles. The van der Waals surface area contributed by atoms with Crippen LogP contribution in [0.2, 0.25) is 0 Å². The number of esters is 1. The Balaban J connectivity index is 1.56. The first-order chi connectivity index (χ1) is 20.4. The first kappa shape index (κ1) is 33.1. The molecule has 3 aliphatic heterocycles. The van der Waals surface area contributed by atoms with Crippen LogP contribution in [-0.2, 0) is 24.3 Å². The molecule has 43 heavy (non-hydrogen) atoms. The zero-order valence-electron chi connectivity index (χ0n) is 25.7. The van der Waals surface area contributed by atoms with Gasteiger partial charge in [0.25, 0.3) is 0 Å². The molecular formula is C31H46N4O7S. The van der Waals surface area contributed by atoms with Crippen molar-refractivity contribution in [3.05, 3.63) is 41.7 Å². The van der Waals surface area contributed by atoms with Crippen molar-refractivity contribution < 1.29 is 32.6 Å². The fourth-order valence-corrected chi connectivity index (χ4v) is 7.22. The Labute approximate surface area is 255 Å². The van der Waals surface area contributed by atoms with E-state index in [9.17, 15) is 23.1 Å². The predicted molar refractivity (Wildman–Crippen MR) is 162 cm³/mol. The van der Waals surface area contributed by atoms with E-state index >= 15 is 0 Å². The Hall–Kier alpha value is -2.80. The van der Waals surface area contributed by atoms with Crippen molar-refractivity contribution in [2.24, 2.45) is 11.8 Å². The van der Waals surface area contributed by atoms with Gasteiger partial charge in [-0.15, -0.1) is 0 Å². The average Bonchev–Trinajstić information content (AvgIpc) is 3.53. The van der Waals surface area contributed by atoms with Gasteiger partial charge in [-0.3, -0.25) is 9.78 Å². The maximum Gasteiger partial charge on any atom is 0.410 e. The SMILES string of the molecule is C/C(=C\c1cncc(S(=O)(=O)N2CCCC2)c1)[C@H]1OC(=O)C[C@H](O)CC[C@H](C)[C@@H](OC(=O)N2CCN(C)CC2)/C=C/[C@@H]1C. The van der Waals surface area contributed by atoms with Gasteiger partial charge in [0.05, 0.1) is 12.5 Å². The second kappa shape index (κ2) is 14.8. The quantitative estimate of drug-likeness (QED) is 0.390. The van der Waals surface area contributed by atoms with Crippen LogP contribution >= 0.6 is 0 Å². The summed E-state index contributed by atoms with van der Waals surface area (Å²) >= 11 is 0. The molecule has 11 nitrogen and oxygen atoms in total. The number of aliphatic hydroxyl groups is 1. The lowest BCUT2D eigenvalue weighted by Crippen LogP contribution is -2.48. The summed E-state index contributed by atoms with van der Waals surface area (Å²) in [4.78, 5) is 34.0. The predicted octanol–water partition coefficient (Wildman–Crippen LogP) is 3.31. The van der Waals surface area contributed by atoms with E-state index in [0.717, 1.165) is 25.9 Å². The molecule has 1 amide bonds. The minimum Gasteiger partial charge on any atom is -0.457 e. The van der Waals surface area contributed by atoms with E-state index < -0.39 is 34.3 Å². The van der Waals surface area contributed by atoms with E-state index in [0.29, 0.717) is 50.2 Å². The standard InChI is InChI=1S/C31H46N4O7S/c1-22-7-9-26(36)19-29(37)42-30(23(2)8-10-28(22)41-31(38)34-15-13-33(4)14-16-34)24(3)17-25-18-27(21-32-20-25)43(39,40)35-11-5-6-12-35/h8,10,17-18,20-23,26,28,30,36H,5-7,9,11-16,19H2,1-4H3/b10-8+,24-17+/t22-,23-,26+,28-,30-/m0/s1. The van der Waals surface area contributed by atoms with E-state index in [1.807, 2.05) is 40.0 Å². The highest BCUT2D eigenvalue weighted by Crippen LogP contribution is 2.27. The van der Waals surface area contributed by atoms with Gasteiger partial charge < -0.3 is 24.4 Å². The van der Waals surface area contributed by atoms with Crippen LogP contribution in [0.3, 0.4) is 0 Å². The molecule has 1 aromatic rings. The maximum absolute atomic E-state index is 13.1. The number of cyclic esters (lactones) is 1. The summed E-state index contributed by atoms with van der Waals surface area (Å²) in [5, 5.41) is 10.6. The van der Waals surface area contributed by atoms with Crippen LogP contribution in [0.4, 0.5) is 4.79 Å². The number of aromatic nitrogens is 1. The topological polar surface area (TPSA) is 130 Å². The van der Waals surface area contributed by atoms with Crippen molar-refractivity contribution in [3.63, 3.8) is 0 Å². The Kier molecular flexibility index (Phi) is 11.4. The number of rotatable bonds is 5. The van der Waals surface area contributed by atoms with Gasteiger partial charge in [-0.25, -0.2) is 13.2 Å². The first-order valence-corrected chi connectivity index (χ1v) is 16.7. The molecule has 238 valence electrons. The van der Waals surface area contributed by atoms with E-state index in [1.54, 1.807) is 23.2 Å². The number of hydrogen-bond donors (Lipinski definition) is 1. The summed E-state index contributed by atoms with van der Waals surface area (Å²) in [7, 11) is -1.61. The summed E-state index contributed by atoms with van der Waals surface area (Å²) in [5.74, 6) is -0.898. The summed E-state index contributed by atoms with van der Waals surface area (Å²) < 4.78 is 39.5. The fourth-order valence-electron chi connectivity index (χ4n) is 5.71. The van der Waals surface area contributed by atoms with E-state index in [2.05, 4.69) is 9.88 Å². The minimum absolute atomic E-state index is 0.0774. The Morgan fingerprint density at radius 3 is 2.47 bits per heavy atom.